The lowest BCUT2D eigenvalue weighted by molar-refractivity contribution is 0.0372. The van der Waals surface area contributed by atoms with E-state index in [9.17, 15) is 9.59 Å². The normalized spacial score (nSPS) is 20.1. The number of benzene rings is 2. The van der Waals surface area contributed by atoms with Crippen LogP contribution in [0.4, 0.5) is 9.18 Å². The van der Waals surface area contributed by atoms with Crippen LogP contribution >= 0.6 is 11.6 Å². The monoisotopic (exact) mass is 389 g/mol. The number of alkyl carbamates (subject to hydrolysis) is 1. The van der Waals surface area contributed by atoms with Crippen molar-refractivity contribution in [2.75, 3.05) is 0 Å². The molecule has 2 aromatic rings. The van der Waals surface area contributed by atoms with Crippen LogP contribution in [0.15, 0.2) is 48.5 Å². The molecule has 0 bridgehead atoms. The van der Waals surface area contributed by atoms with E-state index >= 15 is 4.39 Å². The summed E-state index contributed by atoms with van der Waals surface area (Å²) in [6.45, 7) is 5.14. The lowest BCUT2D eigenvalue weighted by atomic mass is 9.86. The molecule has 0 saturated heterocycles. The highest BCUT2D eigenvalue weighted by Gasteiger charge is 2.53. The van der Waals surface area contributed by atoms with Gasteiger partial charge in [-0.05, 0) is 44.0 Å². The lowest BCUT2D eigenvalue weighted by Gasteiger charge is -2.31. The van der Waals surface area contributed by atoms with E-state index in [-0.39, 0.29) is 6.42 Å². The molecule has 4 nitrogen and oxygen atoms in total. The van der Waals surface area contributed by atoms with Gasteiger partial charge in [-0.2, -0.15) is 0 Å². The minimum atomic E-state index is -2.31. The number of alkyl halides is 1. The van der Waals surface area contributed by atoms with E-state index in [0.717, 1.165) is 0 Å². The molecule has 2 atom stereocenters. The van der Waals surface area contributed by atoms with Crippen LogP contribution in [0.25, 0.3) is 0 Å². The van der Waals surface area contributed by atoms with Crippen LogP contribution in [0.5, 0.6) is 0 Å². The Morgan fingerprint density at radius 3 is 2.41 bits per heavy atom. The van der Waals surface area contributed by atoms with Gasteiger partial charge in [-0.1, -0.05) is 48.0 Å². The van der Waals surface area contributed by atoms with Crippen molar-refractivity contribution < 1.29 is 18.7 Å². The van der Waals surface area contributed by atoms with Crippen LogP contribution in [0, 0.1) is 0 Å². The Balaban J connectivity index is 1.98. The number of nitrogens with one attached hydrogen (secondary N) is 1. The topological polar surface area (TPSA) is 55.4 Å². The molecule has 3 rings (SSSR count). The number of carbonyl (C=O) groups is 2. The number of ether oxygens (including phenoxy) is 1. The molecule has 6 heteroatoms. The van der Waals surface area contributed by atoms with Crippen molar-refractivity contribution >= 4 is 23.5 Å². The van der Waals surface area contributed by atoms with Gasteiger partial charge in [0.1, 0.15) is 5.60 Å². The fourth-order valence-corrected chi connectivity index (χ4v) is 3.38. The number of carbonyl (C=O) groups excluding carboxylic acids is 2. The summed E-state index contributed by atoms with van der Waals surface area (Å²) in [6, 6.07) is 12.0. The second-order valence-corrected chi connectivity index (χ2v) is 8.09. The van der Waals surface area contributed by atoms with Crippen LogP contribution in [-0.4, -0.2) is 23.1 Å². The Morgan fingerprint density at radius 1 is 1.19 bits per heavy atom. The molecule has 0 fully saturated rings. The van der Waals surface area contributed by atoms with Crippen molar-refractivity contribution in [3.05, 3.63) is 70.2 Å². The molecule has 142 valence electrons. The van der Waals surface area contributed by atoms with E-state index in [1.807, 2.05) is 0 Å². The highest BCUT2D eigenvalue weighted by Crippen LogP contribution is 2.42. The molecule has 0 aromatic heterocycles. The zero-order chi connectivity index (χ0) is 19.8. The first-order valence-electron chi connectivity index (χ1n) is 8.67. The van der Waals surface area contributed by atoms with Crippen molar-refractivity contribution in [3.8, 4) is 0 Å². The van der Waals surface area contributed by atoms with Gasteiger partial charge in [0, 0.05) is 17.0 Å². The predicted octanol–water partition coefficient (Wildman–Crippen LogP) is 5.05. The Kier molecular flexibility index (Phi) is 5.00. The predicted molar refractivity (Wildman–Crippen MR) is 102 cm³/mol. The number of hydrogen-bond acceptors (Lipinski definition) is 3. The second kappa shape index (κ2) is 6.97. The molecule has 0 aliphatic heterocycles. The van der Waals surface area contributed by atoms with Gasteiger partial charge in [0.25, 0.3) is 0 Å². The lowest BCUT2D eigenvalue weighted by Crippen LogP contribution is -2.48. The van der Waals surface area contributed by atoms with Gasteiger partial charge < -0.3 is 10.1 Å². The Hall–Kier alpha value is -2.40. The van der Waals surface area contributed by atoms with Gasteiger partial charge in [-0.15, -0.1) is 0 Å². The first-order chi connectivity index (χ1) is 12.6. The maximum atomic E-state index is 16.1. The fourth-order valence-electron chi connectivity index (χ4n) is 3.25. The van der Waals surface area contributed by atoms with Crippen LogP contribution < -0.4 is 5.32 Å². The minimum absolute atomic E-state index is 0.120. The number of halogens is 2. The molecule has 0 radical (unpaired) electrons. The number of hydrogen-bond donors (Lipinski definition) is 1. The highest BCUT2D eigenvalue weighted by atomic mass is 35.5. The average Bonchev–Trinajstić information content (AvgIpc) is 2.84. The smallest absolute Gasteiger partial charge is 0.408 e. The molecule has 1 aliphatic carbocycles. The summed E-state index contributed by atoms with van der Waals surface area (Å²) in [5.41, 5.74) is -1.66. The third-order valence-electron chi connectivity index (χ3n) is 4.41. The zero-order valence-electron chi connectivity index (χ0n) is 15.4. The molecule has 1 N–H and O–H groups in total. The van der Waals surface area contributed by atoms with Crippen molar-refractivity contribution in [1.29, 1.82) is 0 Å². The Morgan fingerprint density at radius 2 is 1.81 bits per heavy atom. The minimum Gasteiger partial charge on any atom is -0.444 e. The van der Waals surface area contributed by atoms with Gasteiger partial charge in [0.05, 0.1) is 6.04 Å². The van der Waals surface area contributed by atoms with E-state index in [2.05, 4.69) is 5.32 Å². The van der Waals surface area contributed by atoms with Crippen molar-refractivity contribution in [2.45, 2.75) is 44.5 Å². The summed E-state index contributed by atoms with van der Waals surface area (Å²) in [7, 11) is 0. The average molecular weight is 390 g/mol. The molecule has 1 amide bonds. The van der Waals surface area contributed by atoms with E-state index in [4.69, 9.17) is 16.3 Å². The Bertz CT molecular complexity index is 876. The van der Waals surface area contributed by atoms with Gasteiger partial charge in [-0.3, -0.25) is 4.79 Å². The van der Waals surface area contributed by atoms with Crippen LogP contribution in [-0.2, 0) is 11.2 Å². The highest BCUT2D eigenvalue weighted by molar-refractivity contribution is 6.30. The van der Waals surface area contributed by atoms with Crippen LogP contribution in [0.2, 0.25) is 5.02 Å². The number of amides is 1. The van der Waals surface area contributed by atoms with E-state index in [0.29, 0.717) is 21.7 Å². The molecule has 0 spiro atoms. The second-order valence-electron chi connectivity index (χ2n) is 7.66. The fraction of sp³-hybridized carbons (Fsp3) is 0.333. The summed E-state index contributed by atoms with van der Waals surface area (Å²) in [4.78, 5) is 25.2. The number of ketones is 1. The largest absolute Gasteiger partial charge is 0.444 e. The quantitative estimate of drug-likeness (QED) is 0.798. The third-order valence-corrected chi connectivity index (χ3v) is 4.66. The number of fused-ring (bicyclic) bond motifs is 1. The van der Waals surface area contributed by atoms with Crippen LogP contribution in [0.1, 0.15) is 48.3 Å². The SMILES string of the molecule is CC(C)(C)OC(=O)NC(c1ccc(Cl)cc1)C1(F)Cc2ccccc2C1=O. The van der Waals surface area contributed by atoms with Crippen molar-refractivity contribution in [3.63, 3.8) is 0 Å². The number of rotatable bonds is 3. The Labute approximate surface area is 162 Å². The summed E-state index contributed by atoms with van der Waals surface area (Å²) >= 11 is 5.93. The first-order valence-corrected chi connectivity index (χ1v) is 9.04. The van der Waals surface area contributed by atoms with Crippen LogP contribution in [0.3, 0.4) is 0 Å². The standard InChI is InChI=1S/C21H21ClFNO3/c1-20(2,3)27-19(26)24-17(13-8-10-15(22)11-9-13)21(23)12-14-6-4-5-7-16(14)18(21)25/h4-11,17H,12H2,1-3H3,(H,24,26). The third kappa shape index (κ3) is 3.98. The summed E-state index contributed by atoms with van der Waals surface area (Å²) in [6.07, 6.45) is -0.909. The van der Waals surface area contributed by atoms with Crippen molar-refractivity contribution in [1.82, 2.24) is 5.32 Å². The molecule has 1 aliphatic rings. The van der Waals surface area contributed by atoms with Gasteiger partial charge in [0.2, 0.25) is 11.5 Å². The molecule has 27 heavy (non-hydrogen) atoms. The van der Waals surface area contributed by atoms with E-state index in [1.165, 1.54) is 0 Å². The number of Topliss-reactive ketones (excluding diaryl/α,β-unsaturated/α-hetero) is 1. The van der Waals surface area contributed by atoms with Gasteiger partial charge in [0.15, 0.2) is 0 Å². The molecular formula is C21H21ClFNO3. The summed E-state index contributed by atoms with van der Waals surface area (Å²) in [5, 5.41) is 3.03. The van der Waals surface area contributed by atoms with Crippen molar-refractivity contribution in [2.24, 2.45) is 0 Å². The molecular weight excluding hydrogens is 369 g/mol. The molecule has 2 unspecified atom stereocenters. The van der Waals surface area contributed by atoms with E-state index < -0.39 is 29.2 Å². The first kappa shape index (κ1) is 19.4. The summed E-state index contributed by atoms with van der Waals surface area (Å²) in [5.74, 6) is -0.644. The van der Waals surface area contributed by atoms with E-state index in [1.54, 1.807) is 69.3 Å². The molecule has 0 heterocycles. The van der Waals surface area contributed by atoms with Gasteiger partial charge >= 0.3 is 6.09 Å². The molecule has 2 aromatic carbocycles. The summed E-state index contributed by atoms with van der Waals surface area (Å²) < 4.78 is 21.4. The molecule has 0 saturated carbocycles. The van der Waals surface area contributed by atoms with Gasteiger partial charge in [-0.25, -0.2) is 9.18 Å². The zero-order valence-corrected chi connectivity index (χ0v) is 16.1. The maximum Gasteiger partial charge on any atom is 0.408 e. The maximum absolute atomic E-state index is 16.1.